The molecule has 146 valence electrons. The quantitative estimate of drug-likeness (QED) is 0.547. The lowest BCUT2D eigenvalue weighted by atomic mass is 9.95. The number of halogens is 3. The molecule has 0 spiro atoms. The third-order valence-electron chi connectivity index (χ3n) is 3.96. The fourth-order valence-corrected chi connectivity index (χ4v) is 3.65. The van der Waals surface area contributed by atoms with E-state index < -0.39 is 11.8 Å². The Kier molecular flexibility index (Phi) is 7.50. The summed E-state index contributed by atoms with van der Waals surface area (Å²) in [5.74, 6) is -0.712. The van der Waals surface area contributed by atoms with E-state index in [1.165, 1.54) is 6.07 Å². The number of hydrogen-bond donors (Lipinski definition) is 1. The molecular formula is C20H21BrClFO4. The zero-order valence-electron chi connectivity index (χ0n) is 15.3. The molecule has 0 bridgehead atoms. The molecule has 27 heavy (non-hydrogen) atoms. The first kappa shape index (κ1) is 21.5. The minimum Gasteiger partial charge on any atom is -0.508 e. The highest BCUT2D eigenvalue weighted by Crippen LogP contribution is 2.35. The number of aromatic hydroxyl groups is 1. The Morgan fingerprint density at radius 3 is 2.63 bits per heavy atom. The molecule has 0 aliphatic rings. The van der Waals surface area contributed by atoms with Crippen LogP contribution in [-0.4, -0.2) is 24.3 Å². The summed E-state index contributed by atoms with van der Waals surface area (Å²) in [6.07, 6.45) is 0.239. The maximum absolute atomic E-state index is 14.8. The maximum Gasteiger partial charge on any atom is 0.344 e. The molecule has 0 atom stereocenters. The Labute approximate surface area is 171 Å². The molecule has 7 heteroatoms. The molecule has 0 amide bonds. The van der Waals surface area contributed by atoms with Crippen molar-refractivity contribution in [2.45, 2.75) is 33.1 Å². The van der Waals surface area contributed by atoms with Crippen molar-refractivity contribution in [2.75, 3.05) is 13.2 Å². The second-order valence-corrected chi connectivity index (χ2v) is 7.52. The van der Waals surface area contributed by atoms with Gasteiger partial charge >= 0.3 is 5.97 Å². The summed E-state index contributed by atoms with van der Waals surface area (Å²) in [6.45, 7) is 5.41. The van der Waals surface area contributed by atoms with Gasteiger partial charge in [-0.1, -0.05) is 47.4 Å². The predicted molar refractivity (Wildman–Crippen MR) is 106 cm³/mol. The third-order valence-corrected chi connectivity index (χ3v) is 5.00. The van der Waals surface area contributed by atoms with Gasteiger partial charge in [-0.25, -0.2) is 9.18 Å². The van der Waals surface area contributed by atoms with E-state index in [-0.39, 0.29) is 36.9 Å². The molecule has 0 aliphatic heterocycles. The van der Waals surface area contributed by atoms with E-state index in [9.17, 15) is 14.3 Å². The van der Waals surface area contributed by atoms with Crippen LogP contribution >= 0.6 is 27.5 Å². The predicted octanol–water partition coefficient (Wildman–Crippen LogP) is 5.60. The largest absolute Gasteiger partial charge is 0.508 e. The number of carbonyl (C=O) groups is 1. The number of rotatable bonds is 7. The van der Waals surface area contributed by atoms with Crippen molar-refractivity contribution in [2.24, 2.45) is 0 Å². The van der Waals surface area contributed by atoms with Crippen molar-refractivity contribution in [3.05, 3.63) is 56.3 Å². The molecule has 0 radical (unpaired) electrons. The van der Waals surface area contributed by atoms with Gasteiger partial charge in [0, 0.05) is 21.5 Å². The number of hydrogen-bond acceptors (Lipinski definition) is 4. The second-order valence-electron chi connectivity index (χ2n) is 6.26. The zero-order chi connectivity index (χ0) is 20.1. The minimum absolute atomic E-state index is 0.0564. The molecule has 0 unspecified atom stereocenters. The topological polar surface area (TPSA) is 55.8 Å². The number of benzene rings is 2. The van der Waals surface area contributed by atoms with Gasteiger partial charge < -0.3 is 14.6 Å². The van der Waals surface area contributed by atoms with Crippen LogP contribution in [0.25, 0.3) is 0 Å². The summed E-state index contributed by atoms with van der Waals surface area (Å²) in [6, 6.07) is 6.28. The monoisotopic (exact) mass is 458 g/mol. The van der Waals surface area contributed by atoms with E-state index in [1.54, 1.807) is 25.1 Å². The van der Waals surface area contributed by atoms with Crippen molar-refractivity contribution in [1.29, 1.82) is 0 Å². The van der Waals surface area contributed by atoms with Crippen molar-refractivity contribution >= 4 is 33.5 Å². The van der Waals surface area contributed by atoms with E-state index in [4.69, 9.17) is 21.1 Å². The highest BCUT2D eigenvalue weighted by molar-refractivity contribution is 9.10. The Morgan fingerprint density at radius 2 is 2.04 bits per heavy atom. The lowest BCUT2D eigenvalue weighted by Gasteiger charge is -2.15. The lowest BCUT2D eigenvalue weighted by molar-refractivity contribution is -0.145. The van der Waals surface area contributed by atoms with Gasteiger partial charge in [0.15, 0.2) is 6.61 Å². The average molecular weight is 460 g/mol. The number of phenols is 1. The molecule has 0 aromatic heterocycles. The normalized spacial score (nSPS) is 10.9. The van der Waals surface area contributed by atoms with E-state index in [0.29, 0.717) is 26.4 Å². The molecule has 1 N–H and O–H groups in total. The van der Waals surface area contributed by atoms with Crippen molar-refractivity contribution < 1.29 is 23.8 Å². The Bertz CT molecular complexity index is 816. The molecule has 0 aliphatic carbocycles. The molecule has 0 heterocycles. The minimum atomic E-state index is -0.471. The first-order valence-corrected chi connectivity index (χ1v) is 9.68. The first-order valence-electron chi connectivity index (χ1n) is 8.51. The van der Waals surface area contributed by atoms with E-state index >= 15 is 0 Å². The van der Waals surface area contributed by atoms with Crippen molar-refractivity contribution in [3.8, 4) is 11.5 Å². The molecule has 2 aromatic carbocycles. The summed E-state index contributed by atoms with van der Waals surface area (Å²) in [5.41, 5.74) is 1.40. The Hall–Kier alpha value is -1.79. The number of carbonyl (C=O) groups excluding carboxylic acids is 1. The summed E-state index contributed by atoms with van der Waals surface area (Å²) in [5, 5.41) is 10.3. The fourth-order valence-electron chi connectivity index (χ4n) is 2.68. The molecule has 0 fully saturated rings. The van der Waals surface area contributed by atoms with Crippen LogP contribution < -0.4 is 4.74 Å². The highest BCUT2D eigenvalue weighted by Gasteiger charge is 2.18. The van der Waals surface area contributed by atoms with Gasteiger partial charge in [-0.3, -0.25) is 0 Å². The average Bonchev–Trinajstić information content (AvgIpc) is 2.58. The Morgan fingerprint density at radius 1 is 1.33 bits per heavy atom. The lowest BCUT2D eigenvalue weighted by Crippen LogP contribution is -2.14. The van der Waals surface area contributed by atoms with Gasteiger partial charge in [0.25, 0.3) is 0 Å². The summed E-state index contributed by atoms with van der Waals surface area (Å²) < 4.78 is 25.6. The third kappa shape index (κ3) is 5.36. The molecule has 4 nitrogen and oxygen atoms in total. The number of phenolic OH excluding ortho intramolecular Hbond substituents is 1. The van der Waals surface area contributed by atoms with Crippen LogP contribution in [0, 0.1) is 5.82 Å². The zero-order valence-corrected chi connectivity index (χ0v) is 17.7. The van der Waals surface area contributed by atoms with Gasteiger partial charge in [-0.05, 0) is 42.2 Å². The molecule has 2 rings (SSSR count). The second kappa shape index (κ2) is 9.42. The maximum atomic E-state index is 14.8. The van der Waals surface area contributed by atoms with E-state index in [1.807, 2.05) is 13.8 Å². The van der Waals surface area contributed by atoms with Crippen molar-refractivity contribution in [3.63, 3.8) is 0 Å². The van der Waals surface area contributed by atoms with Gasteiger partial charge in [-0.2, -0.15) is 0 Å². The van der Waals surface area contributed by atoms with Crippen LogP contribution in [0.5, 0.6) is 11.5 Å². The first-order chi connectivity index (χ1) is 12.7. The molecule has 0 saturated carbocycles. The van der Waals surface area contributed by atoms with Crippen LogP contribution in [0.15, 0.2) is 28.7 Å². The molecule has 0 saturated heterocycles. The Balaban J connectivity index is 2.25. The molecule has 2 aromatic rings. The van der Waals surface area contributed by atoms with Gasteiger partial charge in [0.05, 0.1) is 6.61 Å². The van der Waals surface area contributed by atoms with Crippen LogP contribution in [0.4, 0.5) is 4.39 Å². The molecular weight excluding hydrogens is 439 g/mol. The van der Waals surface area contributed by atoms with E-state index in [0.717, 1.165) is 0 Å². The van der Waals surface area contributed by atoms with Crippen LogP contribution in [0.1, 0.15) is 43.4 Å². The summed E-state index contributed by atoms with van der Waals surface area (Å²) >= 11 is 9.78. The van der Waals surface area contributed by atoms with Crippen LogP contribution in [0.3, 0.4) is 0 Å². The van der Waals surface area contributed by atoms with Crippen LogP contribution in [-0.2, 0) is 16.0 Å². The van der Waals surface area contributed by atoms with Crippen molar-refractivity contribution in [1.82, 2.24) is 0 Å². The van der Waals surface area contributed by atoms with Gasteiger partial charge in [0.1, 0.15) is 17.3 Å². The van der Waals surface area contributed by atoms with E-state index in [2.05, 4.69) is 15.9 Å². The summed E-state index contributed by atoms with van der Waals surface area (Å²) in [4.78, 5) is 11.4. The highest BCUT2D eigenvalue weighted by atomic mass is 79.9. The van der Waals surface area contributed by atoms with Gasteiger partial charge in [-0.15, -0.1) is 0 Å². The number of esters is 1. The SMILES string of the molecule is CCOC(=O)COc1cc(Cl)c(Cc2ccc(O)c(C(C)C)c2F)c(Br)c1. The smallest absolute Gasteiger partial charge is 0.344 e. The van der Waals surface area contributed by atoms with Crippen LogP contribution in [0.2, 0.25) is 5.02 Å². The standard InChI is InChI=1S/C20H21BrClFO4/c1-4-26-18(25)10-27-13-8-15(21)14(16(22)9-13)7-12-5-6-17(24)19(11(2)3)20(12)23/h5-6,8-9,11,24H,4,7,10H2,1-3H3. The fraction of sp³-hybridized carbons (Fsp3) is 0.350. The summed E-state index contributed by atoms with van der Waals surface area (Å²) in [7, 11) is 0. The number of ether oxygens (including phenoxy) is 2. The van der Waals surface area contributed by atoms with Gasteiger partial charge in [0.2, 0.25) is 0 Å².